The van der Waals surface area contributed by atoms with Gasteiger partial charge < -0.3 is 4.74 Å². The first-order chi connectivity index (χ1) is 6.81. The summed E-state index contributed by atoms with van der Waals surface area (Å²) in [6, 6.07) is 7.26. The summed E-state index contributed by atoms with van der Waals surface area (Å²) in [7, 11) is 1.59. The second-order valence-electron chi connectivity index (χ2n) is 2.91. The van der Waals surface area contributed by atoms with Crippen molar-refractivity contribution in [3.8, 4) is 5.75 Å². The molecule has 0 unspecified atom stereocenters. The smallest absolute Gasteiger partial charge is 0.252 e. The van der Waals surface area contributed by atoms with Gasteiger partial charge in [0.25, 0.3) is 5.91 Å². The molecule has 0 saturated heterocycles. The predicted octanol–water partition coefficient (Wildman–Crippen LogP) is 1.42. The fourth-order valence-electron chi connectivity index (χ4n) is 1.30. The third-order valence-electron chi connectivity index (χ3n) is 2.00. The van der Waals surface area contributed by atoms with Gasteiger partial charge in [-0.3, -0.25) is 4.79 Å². The first kappa shape index (κ1) is 8.74. The average molecular weight is 190 g/mol. The summed E-state index contributed by atoms with van der Waals surface area (Å²) in [5.41, 5.74) is 0.739. The van der Waals surface area contributed by atoms with Crippen molar-refractivity contribution in [2.24, 2.45) is 5.10 Å². The number of nitrogens with zero attached hydrogens (tertiary/aromatic N) is 2. The van der Waals surface area contributed by atoms with E-state index in [1.54, 1.807) is 19.4 Å². The first-order valence-electron chi connectivity index (χ1n) is 4.31. The van der Waals surface area contributed by atoms with E-state index in [4.69, 9.17) is 4.74 Å². The van der Waals surface area contributed by atoms with Crippen molar-refractivity contribution in [3.63, 3.8) is 0 Å². The third kappa shape index (κ3) is 1.46. The zero-order valence-corrected chi connectivity index (χ0v) is 7.80. The molecule has 0 fully saturated rings. The molecule has 0 N–H and O–H groups in total. The number of hydrogen-bond donors (Lipinski definition) is 0. The molecule has 1 aromatic carbocycles. The molecule has 4 nitrogen and oxygen atoms in total. The summed E-state index contributed by atoms with van der Waals surface area (Å²) in [5, 5.41) is 5.34. The van der Waals surface area contributed by atoms with E-state index < -0.39 is 0 Å². The van der Waals surface area contributed by atoms with Crippen molar-refractivity contribution < 1.29 is 9.53 Å². The number of methoxy groups -OCH3 is 1. The number of hydrogen-bond acceptors (Lipinski definition) is 3. The lowest BCUT2D eigenvalue weighted by Crippen LogP contribution is -2.19. The minimum absolute atomic E-state index is 0.0155. The van der Waals surface area contributed by atoms with Gasteiger partial charge in [0, 0.05) is 12.3 Å². The number of benzene rings is 1. The van der Waals surface area contributed by atoms with Crippen LogP contribution in [0.15, 0.2) is 29.4 Å². The maximum absolute atomic E-state index is 11.3. The number of carbonyl (C=O) groups is 1. The number of rotatable bonds is 2. The minimum Gasteiger partial charge on any atom is -0.497 e. The number of carbonyl (C=O) groups excluding carboxylic acids is 1. The number of hydrazone groups is 1. The average Bonchev–Trinajstić information content (AvgIpc) is 2.65. The van der Waals surface area contributed by atoms with Gasteiger partial charge in [-0.15, -0.1) is 0 Å². The van der Waals surface area contributed by atoms with Crippen molar-refractivity contribution in [2.45, 2.75) is 6.42 Å². The fourth-order valence-corrected chi connectivity index (χ4v) is 1.30. The Morgan fingerprint density at radius 3 is 3.00 bits per heavy atom. The molecule has 0 atom stereocenters. The summed E-state index contributed by atoms with van der Waals surface area (Å²) < 4.78 is 5.06. The molecular formula is C10H10N2O2. The van der Waals surface area contributed by atoms with Gasteiger partial charge in [0.2, 0.25) is 0 Å². The number of ether oxygens (including phenoxy) is 1. The molecule has 4 heteroatoms. The molecule has 0 saturated carbocycles. The van der Waals surface area contributed by atoms with E-state index in [0.29, 0.717) is 6.42 Å². The Hall–Kier alpha value is -1.84. The van der Waals surface area contributed by atoms with Crippen molar-refractivity contribution in [1.82, 2.24) is 0 Å². The molecule has 0 aromatic heterocycles. The van der Waals surface area contributed by atoms with Crippen LogP contribution in [-0.4, -0.2) is 19.2 Å². The van der Waals surface area contributed by atoms with E-state index in [0.717, 1.165) is 11.4 Å². The zero-order chi connectivity index (χ0) is 9.97. The molecule has 1 amide bonds. The highest BCUT2D eigenvalue weighted by molar-refractivity contribution is 6.05. The quantitative estimate of drug-likeness (QED) is 0.707. The van der Waals surface area contributed by atoms with Gasteiger partial charge in [0.1, 0.15) is 5.75 Å². The zero-order valence-electron chi connectivity index (χ0n) is 7.80. The number of amides is 1. The lowest BCUT2D eigenvalue weighted by Gasteiger charge is -2.12. The van der Waals surface area contributed by atoms with Crippen LogP contribution in [0.1, 0.15) is 6.42 Å². The SMILES string of the molecule is COc1cccc(N2N=CCC2=O)c1. The molecule has 0 spiro atoms. The van der Waals surface area contributed by atoms with Crippen LogP contribution in [0.2, 0.25) is 0 Å². The summed E-state index contributed by atoms with van der Waals surface area (Å²) >= 11 is 0. The van der Waals surface area contributed by atoms with Crippen molar-refractivity contribution in [2.75, 3.05) is 12.1 Å². The maximum Gasteiger partial charge on any atom is 0.252 e. The highest BCUT2D eigenvalue weighted by atomic mass is 16.5. The maximum atomic E-state index is 11.3. The first-order valence-corrected chi connectivity index (χ1v) is 4.31. The van der Waals surface area contributed by atoms with Gasteiger partial charge in [0.15, 0.2) is 0 Å². The van der Waals surface area contributed by atoms with Crippen molar-refractivity contribution in [3.05, 3.63) is 24.3 Å². The highest BCUT2D eigenvalue weighted by Crippen LogP contribution is 2.23. The third-order valence-corrected chi connectivity index (χ3v) is 2.00. The van der Waals surface area contributed by atoms with Crippen LogP contribution >= 0.6 is 0 Å². The van der Waals surface area contributed by atoms with Crippen LogP contribution in [-0.2, 0) is 4.79 Å². The molecule has 14 heavy (non-hydrogen) atoms. The second kappa shape index (κ2) is 3.49. The minimum atomic E-state index is -0.0155. The van der Waals surface area contributed by atoms with E-state index in [1.165, 1.54) is 5.01 Å². The molecule has 0 aliphatic carbocycles. The summed E-state index contributed by atoms with van der Waals surface area (Å²) in [6.45, 7) is 0. The molecule has 0 bridgehead atoms. The largest absolute Gasteiger partial charge is 0.497 e. The van der Waals surface area contributed by atoms with Gasteiger partial charge >= 0.3 is 0 Å². The lowest BCUT2D eigenvalue weighted by atomic mass is 10.3. The van der Waals surface area contributed by atoms with E-state index in [-0.39, 0.29) is 5.91 Å². The van der Waals surface area contributed by atoms with Gasteiger partial charge in [-0.25, -0.2) is 5.01 Å². The molecule has 72 valence electrons. The predicted molar refractivity (Wildman–Crippen MR) is 53.6 cm³/mol. The van der Waals surface area contributed by atoms with Crippen LogP contribution < -0.4 is 9.75 Å². The monoisotopic (exact) mass is 190 g/mol. The topological polar surface area (TPSA) is 41.9 Å². The second-order valence-corrected chi connectivity index (χ2v) is 2.91. The van der Waals surface area contributed by atoms with E-state index in [1.807, 2.05) is 18.2 Å². The van der Waals surface area contributed by atoms with E-state index >= 15 is 0 Å². The normalized spacial score (nSPS) is 14.9. The molecule has 1 heterocycles. The van der Waals surface area contributed by atoms with Gasteiger partial charge in [0.05, 0.1) is 19.2 Å². The lowest BCUT2D eigenvalue weighted by molar-refractivity contribution is -0.116. The van der Waals surface area contributed by atoms with E-state index in [9.17, 15) is 4.79 Å². The highest BCUT2D eigenvalue weighted by Gasteiger charge is 2.18. The standard InChI is InChI=1S/C10H10N2O2/c1-14-9-4-2-3-8(7-9)12-10(13)5-6-11-12/h2-4,6-7H,5H2,1H3. The Balaban J connectivity index is 2.31. The Morgan fingerprint density at radius 1 is 1.50 bits per heavy atom. The van der Waals surface area contributed by atoms with Crippen molar-refractivity contribution >= 4 is 17.8 Å². The van der Waals surface area contributed by atoms with Gasteiger partial charge in [-0.1, -0.05) is 6.07 Å². The molecule has 1 aliphatic heterocycles. The van der Waals surface area contributed by atoms with Crippen LogP contribution in [0.4, 0.5) is 5.69 Å². The van der Waals surface area contributed by atoms with Gasteiger partial charge in [-0.05, 0) is 12.1 Å². The van der Waals surface area contributed by atoms with E-state index in [2.05, 4.69) is 5.10 Å². The summed E-state index contributed by atoms with van der Waals surface area (Å²) in [5.74, 6) is 0.704. The summed E-state index contributed by atoms with van der Waals surface area (Å²) in [6.07, 6.45) is 1.97. The van der Waals surface area contributed by atoms with Gasteiger partial charge in [-0.2, -0.15) is 5.10 Å². The van der Waals surface area contributed by atoms with Crippen molar-refractivity contribution in [1.29, 1.82) is 0 Å². The Morgan fingerprint density at radius 2 is 2.36 bits per heavy atom. The Labute approximate surface area is 81.8 Å². The molecule has 0 radical (unpaired) electrons. The molecule has 1 aromatic rings. The van der Waals surface area contributed by atoms with Crippen LogP contribution in [0.25, 0.3) is 0 Å². The van der Waals surface area contributed by atoms with Crippen LogP contribution in [0, 0.1) is 0 Å². The Bertz CT molecular complexity index is 387. The van der Waals surface area contributed by atoms with Crippen LogP contribution in [0.3, 0.4) is 0 Å². The number of anilines is 1. The molecule has 1 aliphatic rings. The Kier molecular flexibility index (Phi) is 2.18. The molecular weight excluding hydrogens is 180 g/mol. The van der Waals surface area contributed by atoms with Crippen LogP contribution in [0.5, 0.6) is 5.75 Å². The summed E-state index contributed by atoms with van der Waals surface area (Å²) in [4.78, 5) is 11.3. The fraction of sp³-hybridized carbons (Fsp3) is 0.200. The molecule has 2 rings (SSSR count).